The molecule has 4 aromatic rings. The van der Waals surface area contributed by atoms with E-state index < -0.39 is 5.91 Å². The van der Waals surface area contributed by atoms with Crippen molar-refractivity contribution in [3.05, 3.63) is 88.3 Å². The van der Waals surface area contributed by atoms with Crippen molar-refractivity contribution >= 4 is 22.9 Å². The van der Waals surface area contributed by atoms with Gasteiger partial charge in [0.15, 0.2) is 5.69 Å². The lowest BCUT2D eigenvalue weighted by molar-refractivity contribution is 0.0949. The predicted octanol–water partition coefficient (Wildman–Crippen LogP) is 4.36. The molecule has 162 valence electrons. The number of halogens is 1. The average Bonchev–Trinajstić information content (AvgIpc) is 3.28. The molecule has 8 heteroatoms. The predicted molar refractivity (Wildman–Crippen MR) is 120 cm³/mol. The van der Waals surface area contributed by atoms with Gasteiger partial charge in [0.05, 0.1) is 11.6 Å². The molecule has 1 N–H and O–H groups in total. The molecule has 0 aliphatic rings. The van der Waals surface area contributed by atoms with Crippen molar-refractivity contribution in [2.24, 2.45) is 5.10 Å². The van der Waals surface area contributed by atoms with Crippen molar-refractivity contribution in [2.75, 3.05) is 0 Å². The van der Waals surface area contributed by atoms with Gasteiger partial charge in [0, 0.05) is 17.5 Å². The summed E-state index contributed by atoms with van der Waals surface area (Å²) in [6.45, 7) is 2.45. The number of amides is 1. The number of nitrogens with one attached hydrogen (secondary N) is 1. The van der Waals surface area contributed by atoms with Gasteiger partial charge < -0.3 is 4.42 Å². The van der Waals surface area contributed by atoms with Gasteiger partial charge in [-0.25, -0.2) is 14.5 Å². The number of carbonyl (C=O) groups excluding carboxylic acids is 1. The highest BCUT2D eigenvalue weighted by molar-refractivity contribution is 6.04. The van der Waals surface area contributed by atoms with Crippen LogP contribution in [0.2, 0.25) is 0 Å². The highest BCUT2D eigenvalue weighted by Crippen LogP contribution is 2.21. The van der Waals surface area contributed by atoms with Gasteiger partial charge in [-0.15, -0.1) is 0 Å². The summed E-state index contributed by atoms with van der Waals surface area (Å²) in [5, 5.41) is 9.13. The van der Waals surface area contributed by atoms with E-state index in [1.54, 1.807) is 48.5 Å². The second-order valence-electron chi connectivity index (χ2n) is 7.18. The molecule has 0 saturated carbocycles. The molecule has 32 heavy (non-hydrogen) atoms. The SMILES string of the molecule is CCCCn1nc(C(=O)N/N=C/c2ccc(-c3ccc(F)cc3)o2)c2ccccc2c1=O. The number of aryl methyl sites for hydroxylation is 1. The Morgan fingerprint density at radius 1 is 1.12 bits per heavy atom. The molecule has 0 aliphatic carbocycles. The van der Waals surface area contributed by atoms with Crippen LogP contribution in [0.3, 0.4) is 0 Å². The van der Waals surface area contributed by atoms with E-state index in [1.165, 1.54) is 23.0 Å². The zero-order chi connectivity index (χ0) is 22.5. The summed E-state index contributed by atoms with van der Waals surface area (Å²) >= 11 is 0. The van der Waals surface area contributed by atoms with Crippen LogP contribution in [-0.4, -0.2) is 21.9 Å². The first-order valence-electron chi connectivity index (χ1n) is 10.3. The van der Waals surface area contributed by atoms with Crippen LogP contribution in [0.15, 0.2) is 75.0 Å². The van der Waals surface area contributed by atoms with Gasteiger partial charge in [0.2, 0.25) is 0 Å². The van der Waals surface area contributed by atoms with E-state index in [0.717, 1.165) is 18.4 Å². The molecule has 0 unspecified atom stereocenters. The van der Waals surface area contributed by atoms with E-state index in [0.29, 0.717) is 28.8 Å². The van der Waals surface area contributed by atoms with Crippen LogP contribution >= 0.6 is 0 Å². The van der Waals surface area contributed by atoms with Crippen LogP contribution in [0.5, 0.6) is 0 Å². The average molecular weight is 432 g/mol. The molecular weight excluding hydrogens is 411 g/mol. The zero-order valence-corrected chi connectivity index (χ0v) is 17.4. The number of benzene rings is 2. The lowest BCUT2D eigenvalue weighted by Crippen LogP contribution is -2.29. The number of nitrogens with zero attached hydrogens (tertiary/aromatic N) is 3. The molecule has 1 amide bonds. The molecule has 2 aromatic carbocycles. The van der Waals surface area contributed by atoms with Crippen molar-refractivity contribution < 1.29 is 13.6 Å². The van der Waals surface area contributed by atoms with Crippen LogP contribution in [0, 0.1) is 5.82 Å². The van der Waals surface area contributed by atoms with Crippen LogP contribution in [0.1, 0.15) is 36.0 Å². The number of hydrogen-bond acceptors (Lipinski definition) is 5. The first kappa shape index (κ1) is 21.2. The summed E-state index contributed by atoms with van der Waals surface area (Å²) in [4.78, 5) is 25.4. The van der Waals surface area contributed by atoms with Crippen molar-refractivity contribution in [3.63, 3.8) is 0 Å². The minimum absolute atomic E-state index is 0.125. The van der Waals surface area contributed by atoms with E-state index in [-0.39, 0.29) is 17.1 Å². The maximum atomic E-state index is 13.1. The minimum atomic E-state index is -0.534. The Bertz CT molecular complexity index is 1340. The summed E-state index contributed by atoms with van der Waals surface area (Å²) in [6.07, 6.45) is 3.04. The van der Waals surface area contributed by atoms with Crippen molar-refractivity contribution in [1.29, 1.82) is 0 Å². The lowest BCUT2D eigenvalue weighted by Gasteiger charge is -2.09. The molecule has 0 fully saturated rings. The molecular formula is C24H21FN4O3. The number of hydrazone groups is 1. The largest absolute Gasteiger partial charge is 0.455 e. The van der Waals surface area contributed by atoms with E-state index in [2.05, 4.69) is 15.6 Å². The summed E-state index contributed by atoms with van der Waals surface area (Å²) < 4.78 is 20.1. The van der Waals surface area contributed by atoms with Gasteiger partial charge in [-0.2, -0.15) is 10.2 Å². The van der Waals surface area contributed by atoms with Crippen LogP contribution in [0.25, 0.3) is 22.1 Å². The van der Waals surface area contributed by atoms with Crippen LogP contribution in [-0.2, 0) is 6.54 Å². The van der Waals surface area contributed by atoms with Gasteiger partial charge >= 0.3 is 0 Å². The van der Waals surface area contributed by atoms with Gasteiger partial charge in [-0.3, -0.25) is 9.59 Å². The van der Waals surface area contributed by atoms with Crippen LogP contribution in [0.4, 0.5) is 4.39 Å². The zero-order valence-electron chi connectivity index (χ0n) is 17.4. The summed E-state index contributed by atoms with van der Waals surface area (Å²) in [5.74, 6) is 0.101. The monoisotopic (exact) mass is 432 g/mol. The molecule has 2 heterocycles. The second kappa shape index (κ2) is 9.38. The summed E-state index contributed by atoms with van der Waals surface area (Å²) in [7, 11) is 0. The molecule has 7 nitrogen and oxygen atoms in total. The summed E-state index contributed by atoms with van der Waals surface area (Å²) in [6, 6.07) is 16.2. The fourth-order valence-electron chi connectivity index (χ4n) is 3.26. The Kier molecular flexibility index (Phi) is 6.21. The third-order valence-electron chi connectivity index (χ3n) is 4.92. The molecule has 0 atom stereocenters. The van der Waals surface area contributed by atoms with Gasteiger partial charge in [-0.1, -0.05) is 31.5 Å². The smallest absolute Gasteiger partial charge is 0.292 e. The first-order valence-corrected chi connectivity index (χ1v) is 10.3. The van der Waals surface area contributed by atoms with Crippen LogP contribution < -0.4 is 11.0 Å². The molecule has 4 rings (SSSR count). The molecule has 0 spiro atoms. The van der Waals surface area contributed by atoms with E-state index >= 15 is 0 Å². The Morgan fingerprint density at radius 2 is 1.88 bits per heavy atom. The van der Waals surface area contributed by atoms with Gasteiger partial charge in [0.1, 0.15) is 17.3 Å². The Labute approximate surface area is 183 Å². The van der Waals surface area contributed by atoms with Crippen molar-refractivity contribution in [2.45, 2.75) is 26.3 Å². The fraction of sp³-hybridized carbons (Fsp3) is 0.167. The normalized spacial score (nSPS) is 11.3. The third kappa shape index (κ3) is 4.49. The number of fused-ring (bicyclic) bond motifs is 1. The molecule has 0 bridgehead atoms. The Morgan fingerprint density at radius 3 is 2.62 bits per heavy atom. The highest BCUT2D eigenvalue weighted by Gasteiger charge is 2.16. The quantitative estimate of drug-likeness (QED) is 0.347. The number of rotatable bonds is 7. The summed E-state index contributed by atoms with van der Waals surface area (Å²) in [5.41, 5.74) is 3.07. The van der Waals surface area contributed by atoms with Crippen molar-refractivity contribution in [3.8, 4) is 11.3 Å². The Balaban J connectivity index is 1.54. The number of aromatic nitrogens is 2. The Hall–Kier alpha value is -4.07. The number of unbranched alkanes of at least 4 members (excludes halogenated alkanes) is 1. The maximum Gasteiger partial charge on any atom is 0.292 e. The maximum absolute atomic E-state index is 13.1. The second-order valence-corrected chi connectivity index (χ2v) is 7.18. The fourth-order valence-corrected chi connectivity index (χ4v) is 3.26. The molecule has 0 aliphatic heterocycles. The minimum Gasteiger partial charge on any atom is -0.455 e. The van der Waals surface area contributed by atoms with Gasteiger partial charge in [0.25, 0.3) is 11.5 Å². The molecule has 2 aromatic heterocycles. The standard InChI is InChI=1S/C24H21FN4O3/c1-2-3-14-29-24(31)20-7-5-4-6-19(20)22(28-29)23(30)27-26-15-18-12-13-21(32-18)16-8-10-17(25)11-9-16/h4-13,15H,2-3,14H2,1H3,(H,27,30)/b26-15+. The van der Waals surface area contributed by atoms with E-state index in [1.807, 2.05) is 6.92 Å². The molecule has 0 saturated heterocycles. The lowest BCUT2D eigenvalue weighted by atomic mass is 10.1. The number of furan rings is 1. The highest BCUT2D eigenvalue weighted by atomic mass is 19.1. The van der Waals surface area contributed by atoms with E-state index in [9.17, 15) is 14.0 Å². The number of hydrogen-bond donors (Lipinski definition) is 1. The number of carbonyl (C=O) groups is 1. The first-order chi connectivity index (χ1) is 15.6. The third-order valence-corrected chi connectivity index (χ3v) is 4.92. The van der Waals surface area contributed by atoms with E-state index in [4.69, 9.17) is 4.42 Å². The van der Waals surface area contributed by atoms with Gasteiger partial charge in [-0.05, 0) is 48.9 Å². The molecule has 0 radical (unpaired) electrons. The topological polar surface area (TPSA) is 89.5 Å². The van der Waals surface area contributed by atoms with Crippen molar-refractivity contribution in [1.82, 2.24) is 15.2 Å².